The van der Waals surface area contributed by atoms with Crippen LogP contribution in [0.25, 0.3) is 0 Å². The van der Waals surface area contributed by atoms with E-state index in [0.717, 1.165) is 0 Å². The summed E-state index contributed by atoms with van der Waals surface area (Å²) < 4.78 is 63.3. The molecule has 1 aromatic rings. The van der Waals surface area contributed by atoms with Gasteiger partial charge in [-0.2, -0.15) is 13.2 Å². The molecular formula is C10H9F5N2O2. The second kappa shape index (κ2) is 5.47. The lowest BCUT2D eigenvalue weighted by Gasteiger charge is -2.17. The first-order valence-electron chi connectivity index (χ1n) is 4.96. The van der Waals surface area contributed by atoms with E-state index in [4.69, 9.17) is 10.8 Å². The molecule has 0 saturated heterocycles. The van der Waals surface area contributed by atoms with Crippen LogP contribution >= 0.6 is 0 Å². The van der Waals surface area contributed by atoms with Crippen molar-refractivity contribution in [2.75, 3.05) is 0 Å². The molecule has 0 aliphatic heterocycles. The Hall–Kier alpha value is -1.77. The number of halogens is 5. The topological polar surface area (TPSA) is 76.2 Å². The van der Waals surface area contributed by atoms with Gasteiger partial charge in [-0.15, -0.1) is 0 Å². The van der Waals surface area contributed by atoms with E-state index < -0.39 is 53.9 Å². The van der Waals surface area contributed by atoms with Crippen molar-refractivity contribution in [1.29, 1.82) is 0 Å². The van der Waals surface area contributed by atoms with Gasteiger partial charge in [0.1, 0.15) is 5.69 Å². The van der Waals surface area contributed by atoms with Crippen molar-refractivity contribution >= 4 is 5.97 Å². The molecule has 0 radical (unpaired) electrons. The maximum Gasteiger partial charge on any atom is 0.418 e. The van der Waals surface area contributed by atoms with Crippen LogP contribution in [0, 0.1) is 0 Å². The molecule has 1 rings (SSSR count). The van der Waals surface area contributed by atoms with Crippen molar-refractivity contribution in [2.45, 2.75) is 25.6 Å². The smallest absolute Gasteiger partial charge is 0.418 e. The van der Waals surface area contributed by atoms with Gasteiger partial charge >= 0.3 is 12.1 Å². The molecule has 0 saturated carbocycles. The summed E-state index contributed by atoms with van der Waals surface area (Å²) in [7, 11) is 0. The number of hydrogen-bond donors (Lipinski definition) is 2. The standard InChI is InChI=1S/C10H9F5N2O2/c11-9(12)8-4(1-7(18)19)5(2-16)6(3-17-8)10(13,14)15/h3,9H,1-2,16H2,(H,18,19). The van der Waals surface area contributed by atoms with Crippen LogP contribution in [-0.4, -0.2) is 16.1 Å². The zero-order chi connectivity index (χ0) is 14.8. The summed E-state index contributed by atoms with van der Waals surface area (Å²) in [6.07, 6.45) is -8.77. The van der Waals surface area contributed by atoms with Crippen LogP contribution in [0.3, 0.4) is 0 Å². The number of aromatic nitrogens is 1. The number of rotatable bonds is 4. The number of alkyl halides is 5. The number of carboxylic acids is 1. The summed E-state index contributed by atoms with van der Waals surface area (Å²) in [5.41, 5.74) is 1.49. The summed E-state index contributed by atoms with van der Waals surface area (Å²) in [6.45, 7) is -0.709. The van der Waals surface area contributed by atoms with Gasteiger partial charge in [0.2, 0.25) is 0 Å². The first kappa shape index (κ1) is 15.3. The summed E-state index contributed by atoms with van der Waals surface area (Å²) in [6, 6.07) is 0. The van der Waals surface area contributed by atoms with Crippen LogP contribution in [0.5, 0.6) is 0 Å². The predicted molar refractivity (Wildman–Crippen MR) is 53.4 cm³/mol. The van der Waals surface area contributed by atoms with Crippen molar-refractivity contribution in [3.8, 4) is 0 Å². The highest BCUT2D eigenvalue weighted by Crippen LogP contribution is 2.35. The van der Waals surface area contributed by atoms with Gasteiger partial charge in [0.25, 0.3) is 6.43 Å². The molecule has 1 aromatic heterocycles. The molecule has 0 spiro atoms. The largest absolute Gasteiger partial charge is 0.481 e. The van der Waals surface area contributed by atoms with Gasteiger partial charge in [-0.3, -0.25) is 9.78 Å². The van der Waals surface area contributed by atoms with Crippen molar-refractivity contribution in [1.82, 2.24) is 4.98 Å². The number of carbonyl (C=O) groups is 1. The number of hydrogen-bond acceptors (Lipinski definition) is 3. The maximum atomic E-state index is 12.7. The highest BCUT2D eigenvalue weighted by molar-refractivity contribution is 5.71. The molecule has 4 nitrogen and oxygen atoms in total. The summed E-state index contributed by atoms with van der Waals surface area (Å²) in [5, 5.41) is 8.59. The Morgan fingerprint density at radius 2 is 1.95 bits per heavy atom. The Morgan fingerprint density at radius 3 is 2.32 bits per heavy atom. The fourth-order valence-corrected chi connectivity index (χ4v) is 1.62. The summed E-state index contributed by atoms with van der Waals surface area (Å²) in [5.74, 6) is -1.54. The van der Waals surface area contributed by atoms with Gasteiger partial charge in [0.15, 0.2) is 0 Å². The second-order valence-corrected chi connectivity index (χ2v) is 3.59. The van der Waals surface area contributed by atoms with Gasteiger partial charge in [0.05, 0.1) is 12.0 Å². The summed E-state index contributed by atoms with van der Waals surface area (Å²) >= 11 is 0. The van der Waals surface area contributed by atoms with Gasteiger partial charge in [-0.1, -0.05) is 0 Å². The Morgan fingerprint density at radius 1 is 1.37 bits per heavy atom. The van der Waals surface area contributed by atoms with Crippen LogP contribution < -0.4 is 5.73 Å². The van der Waals surface area contributed by atoms with E-state index in [2.05, 4.69) is 4.98 Å². The molecule has 0 amide bonds. The molecule has 0 unspecified atom stereocenters. The third kappa shape index (κ3) is 3.37. The van der Waals surface area contributed by atoms with Crippen molar-refractivity contribution in [3.05, 3.63) is 28.6 Å². The lowest BCUT2D eigenvalue weighted by Crippen LogP contribution is -2.19. The van der Waals surface area contributed by atoms with Gasteiger partial charge in [-0.05, 0) is 11.1 Å². The molecule has 0 aromatic carbocycles. The zero-order valence-corrected chi connectivity index (χ0v) is 9.34. The molecule has 3 N–H and O–H groups in total. The van der Waals surface area contributed by atoms with Crippen LogP contribution in [0.2, 0.25) is 0 Å². The van der Waals surface area contributed by atoms with Crippen LogP contribution in [0.1, 0.15) is 28.8 Å². The normalized spacial score (nSPS) is 11.9. The van der Waals surface area contributed by atoms with E-state index in [1.807, 2.05) is 0 Å². The third-order valence-electron chi connectivity index (χ3n) is 2.38. The molecule has 0 fully saturated rings. The molecule has 0 atom stereocenters. The molecule has 0 aliphatic rings. The molecule has 0 bridgehead atoms. The Labute approximate surface area is 104 Å². The predicted octanol–water partition coefficient (Wildman–Crippen LogP) is 2.12. The van der Waals surface area contributed by atoms with Gasteiger partial charge < -0.3 is 10.8 Å². The van der Waals surface area contributed by atoms with Gasteiger partial charge in [0, 0.05) is 12.7 Å². The average Bonchev–Trinajstić information content (AvgIpc) is 2.25. The highest BCUT2D eigenvalue weighted by Gasteiger charge is 2.36. The molecule has 9 heteroatoms. The zero-order valence-electron chi connectivity index (χ0n) is 9.34. The molecule has 1 heterocycles. The number of pyridine rings is 1. The fourth-order valence-electron chi connectivity index (χ4n) is 1.62. The quantitative estimate of drug-likeness (QED) is 0.830. The first-order chi connectivity index (χ1) is 8.68. The Balaban J connectivity index is 3.54. The maximum absolute atomic E-state index is 12.7. The van der Waals surface area contributed by atoms with Crippen molar-refractivity contribution in [2.24, 2.45) is 5.73 Å². The average molecular weight is 284 g/mol. The molecule has 19 heavy (non-hydrogen) atoms. The minimum Gasteiger partial charge on any atom is -0.481 e. The molecule has 0 aliphatic carbocycles. The van der Waals surface area contributed by atoms with Crippen LogP contribution in [-0.2, 0) is 23.9 Å². The van der Waals surface area contributed by atoms with E-state index in [1.54, 1.807) is 0 Å². The van der Waals surface area contributed by atoms with E-state index in [1.165, 1.54) is 0 Å². The van der Waals surface area contributed by atoms with Crippen LogP contribution in [0.15, 0.2) is 6.20 Å². The van der Waals surface area contributed by atoms with E-state index in [9.17, 15) is 26.7 Å². The number of nitrogens with two attached hydrogens (primary N) is 1. The van der Waals surface area contributed by atoms with Crippen molar-refractivity contribution < 1.29 is 31.9 Å². The Bertz CT molecular complexity index is 488. The molecular weight excluding hydrogens is 275 g/mol. The van der Waals surface area contributed by atoms with Gasteiger partial charge in [-0.25, -0.2) is 8.78 Å². The monoisotopic (exact) mass is 284 g/mol. The Kier molecular flexibility index (Phi) is 4.40. The lowest BCUT2D eigenvalue weighted by molar-refractivity contribution is -0.139. The van der Waals surface area contributed by atoms with E-state index in [0.29, 0.717) is 0 Å². The van der Waals surface area contributed by atoms with E-state index in [-0.39, 0.29) is 6.20 Å². The van der Waals surface area contributed by atoms with E-state index >= 15 is 0 Å². The first-order valence-corrected chi connectivity index (χ1v) is 4.96. The lowest BCUT2D eigenvalue weighted by atomic mass is 9.98. The molecule has 106 valence electrons. The SMILES string of the molecule is NCc1c(C(F)(F)F)cnc(C(F)F)c1CC(=O)O. The van der Waals surface area contributed by atoms with Crippen LogP contribution in [0.4, 0.5) is 22.0 Å². The third-order valence-corrected chi connectivity index (χ3v) is 2.38. The minimum atomic E-state index is -4.84. The number of aliphatic carboxylic acids is 1. The summed E-state index contributed by atoms with van der Waals surface area (Å²) in [4.78, 5) is 13.6. The minimum absolute atomic E-state index is 0.245. The highest BCUT2D eigenvalue weighted by atomic mass is 19.4. The van der Waals surface area contributed by atoms with Crippen molar-refractivity contribution in [3.63, 3.8) is 0 Å². The number of nitrogens with zero attached hydrogens (tertiary/aromatic N) is 1. The fraction of sp³-hybridized carbons (Fsp3) is 0.400. The number of carboxylic acid groups (broad SMARTS) is 1. The second-order valence-electron chi connectivity index (χ2n) is 3.59.